The molecule has 0 aliphatic carbocycles. The van der Waals surface area contributed by atoms with Crippen LogP contribution in [0.4, 0.5) is 25.9 Å². The molecular formula is C39H44ClN7O14S. The molecule has 5 rings (SSSR count). The number of carbonyl (C=O) groups is 4. The number of hydrogen-bond donors (Lipinski definition) is 2. The molecule has 4 heterocycles. The third-order valence-corrected chi connectivity index (χ3v) is 9.37. The van der Waals surface area contributed by atoms with E-state index in [0.717, 1.165) is 22.2 Å². The van der Waals surface area contributed by atoms with Crippen LogP contribution in [0.15, 0.2) is 41.5 Å². The first-order valence-corrected chi connectivity index (χ1v) is 19.9. The molecule has 2 N–H and O–H groups in total. The number of aliphatic hydroxyl groups is 1. The number of carboxylic acid groups (broad SMARTS) is 1. The number of benzene rings is 1. The Bertz CT molecular complexity index is 2360. The molecule has 0 spiro atoms. The lowest BCUT2D eigenvalue weighted by Crippen LogP contribution is -2.52. The van der Waals surface area contributed by atoms with Crippen LogP contribution in [0.1, 0.15) is 79.8 Å². The van der Waals surface area contributed by atoms with Gasteiger partial charge in [0.25, 0.3) is 5.69 Å². The highest BCUT2D eigenvalue weighted by Crippen LogP contribution is 2.43. The Balaban J connectivity index is 1.63. The van der Waals surface area contributed by atoms with E-state index < -0.39 is 99.8 Å². The summed E-state index contributed by atoms with van der Waals surface area (Å²) in [4.78, 5) is 81.9. The first kappa shape index (κ1) is 47.1. The third kappa shape index (κ3) is 10.4. The Kier molecular flexibility index (Phi) is 13.2. The fraction of sp³-hybridized carbons (Fsp3) is 0.487. The first-order chi connectivity index (χ1) is 28.7. The van der Waals surface area contributed by atoms with E-state index >= 15 is 0 Å². The number of aliphatic carboxylic acids is 1. The second-order valence-corrected chi connectivity index (χ2v) is 17.9. The number of rotatable bonds is 11. The number of ether oxygens (including phenoxy) is 6. The number of hydrogen-bond acceptors (Lipinski definition) is 18. The number of nitro benzene ring substituents is 1. The molecule has 1 aromatic carbocycles. The monoisotopic (exact) mass is 901 g/mol. The quantitative estimate of drug-likeness (QED) is 0.0415. The molecule has 0 bridgehead atoms. The highest BCUT2D eigenvalue weighted by molar-refractivity contribution is 7.07. The molecule has 23 heteroatoms. The van der Waals surface area contributed by atoms with Crippen LogP contribution in [0.3, 0.4) is 0 Å². The molecule has 21 nitrogen and oxygen atoms in total. The standard InChI is InChI=1S/C39H44ClN7O14S/c1-11-38(53)24(17-56-39(30(48)49,23-18-62-20-42-23)16-21-12-14-22(15-13-21)47(54)55)57-29(26(38)58-34(52)61-37(8,9)10)45-19-41-25-27(45)43-31(40)44-28(25)46(32(50)59-35(2,3)4)33(51)60-36(5,6)7/h1,12-15,18-20,24,26,29,53H,16-17H2,2-10H3,(H,48,49)/t24-,26+,29-,38-,39?/m1/s1. The van der Waals surface area contributed by atoms with Gasteiger partial charge in [0, 0.05) is 23.9 Å². The Morgan fingerprint density at radius 2 is 1.60 bits per heavy atom. The van der Waals surface area contributed by atoms with Crippen LogP contribution in [0.5, 0.6) is 0 Å². The number of fused-ring (bicyclic) bond motifs is 1. The lowest BCUT2D eigenvalue weighted by Gasteiger charge is -2.32. The maximum Gasteiger partial charge on any atom is 0.509 e. The van der Waals surface area contributed by atoms with Crippen molar-refractivity contribution in [1.29, 1.82) is 0 Å². The fourth-order valence-corrected chi connectivity index (χ4v) is 6.79. The number of amides is 2. The molecule has 62 heavy (non-hydrogen) atoms. The van der Waals surface area contributed by atoms with Gasteiger partial charge >= 0.3 is 24.3 Å². The summed E-state index contributed by atoms with van der Waals surface area (Å²) in [7, 11) is 0. The average molecular weight is 902 g/mol. The van der Waals surface area contributed by atoms with E-state index in [1.165, 1.54) is 35.2 Å². The predicted molar refractivity (Wildman–Crippen MR) is 218 cm³/mol. The van der Waals surface area contributed by atoms with E-state index in [1.807, 2.05) is 0 Å². The number of nitrogens with zero attached hydrogens (tertiary/aromatic N) is 7. The minimum atomic E-state index is -2.63. The zero-order chi connectivity index (χ0) is 46.2. The van der Waals surface area contributed by atoms with Crippen LogP contribution in [-0.2, 0) is 45.2 Å². The van der Waals surface area contributed by atoms with Crippen molar-refractivity contribution in [3.8, 4) is 12.3 Å². The number of non-ortho nitro benzene ring substituents is 1. The first-order valence-electron chi connectivity index (χ1n) is 18.6. The number of carboxylic acids is 1. The molecule has 332 valence electrons. The maximum absolute atomic E-state index is 13.6. The summed E-state index contributed by atoms with van der Waals surface area (Å²) in [5, 5.41) is 35.2. The summed E-state index contributed by atoms with van der Waals surface area (Å²) in [5.41, 5.74) is -7.36. The van der Waals surface area contributed by atoms with Crippen LogP contribution in [0.2, 0.25) is 5.28 Å². The Labute approximate surface area is 363 Å². The fourth-order valence-electron chi connectivity index (χ4n) is 6.02. The molecule has 1 aliphatic heterocycles. The number of nitro groups is 1. The second-order valence-electron chi connectivity index (χ2n) is 16.8. The van der Waals surface area contributed by atoms with Crippen LogP contribution < -0.4 is 4.90 Å². The van der Waals surface area contributed by atoms with Crippen molar-refractivity contribution in [3.05, 3.63) is 68.1 Å². The van der Waals surface area contributed by atoms with Crippen LogP contribution in [-0.4, -0.2) is 105 Å². The summed E-state index contributed by atoms with van der Waals surface area (Å²) in [6, 6.07) is 5.10. The zero-order valence-electron chi connectivity index (χ0n) is 35.0. The van der Waals surface area contributed by atoms with E-state index in [-0.39, 0.29) is 22.5 Å². The topological polar surface area (TPSA) is 267 Å². The van der Waals surface area contributed by atoms with E-state index in [9.17, 15) is 39.5 Å². The summed E-state index contributed by atoms with van der Waals surface area (Å²) >= 11 is 7.48. The number of terminal acetylenes is 1. The Hall–Kier alpha value is -5.99. The molecule has 3 aromatic heterocycles. The number of aromatic nitrogens is 5. The van der Waals surface area contributed by atoms with Crippen molar-refractivity contribution in [1.82, 2.24) is 24.5 Å². The number of carbonyl (C=O) groups excluding carboxylic acids is 3. The van der Waals surface area contributed by atoms with E-state index in [4.69, 9.17) is 46.4 Å². The lowest BCUT2D eigenvalue weighted by molar-refractivity contribution is -0.384. The number of thiazole rings is 1. The van der Waals surface area contributed by atoms with Crippen molar-refractivity contribution < 1.29 is 62.7 Å². The molecule has 4 aromatic rings. The SMILES string of the molecule is C#C[C@@]1(O)[C@@H](COC(Cc2ccc([N+](=O)[O-])cc2)(C(=O)O)c2cscn2)O[C@@H](n2cnc3c(N(C(=O)OC(C)(C)C)C(=O)OC(C)(C)C)nc(Cl)nc32)[C@@H]1OC(=O)OC(C)(C)C. The highest BCUT2D eigenvalue weighted by atomic mass is 35.5. The number of imidazole rings is 1. The van der Waals surface area contributed by atoms with Gasteiger partial charge in [-0.1, -0.05) is 18.1 Å². The lowest BCUT2D eigenvalue weighted by atomic mass is 9.90. The van der Waals surface area contributed by atoms with Crippen LogP contribution >= 0.6 is 22.9 Å². The zero-order valence-corrected chi connectivity index (χ0v) is 36.5. The van der Waals surface area contributed by atoms with Crippen molar-refractivity contribution >= 4 is 69.9 Å². The van der Waals surface area contributed by atoms with E-state index in [0.29, 0.717) is 10.5 Å². The summed E-state index contributed by atoms with van der Waals surface area (Å²) in [5.74, 6) is 0.184. The maximum atomic E-state index is 13.6. The van der Waals surface area contributed by atoms with Gasteiger partial charge in [-0.05, 0) is 79.5 Å². The average Bonchev–Trinajstić information content (AvgIpc) is 3.88. The smallest absolute Gasteiger partial charge is 0.479 e. The van der Waals surface area contributed by atoms with Crippen molar-refractivity contribution in [2.24, 2.45) is 0 Å². The molecular weight excluding hydrogens is 858 g/mol. The highest BCUT2D eigenvalue weighted by Gasteiger charge is 2.60. The third-order valence-electron chi connectivity index (χ3n) is 8.62. The van der Waals surface area contributed by atoms with Gasteiger partial charge in [-0.25, -0.2) is 29.1 Å². The molecule has 5 atom stereocenters. The van der Waals surface area contributed by atoms with Gasteiger partial charge in [0.15, 0.2) is 34.9 Å². The molecule has 1 unspecified atom stereocenters. The Morgan fingerprint density at radius 3 is 2.10 bits per heavy atom. The Morgan fingerprint density at radius 1 is 1.00 bits per heavy atom. The van der Waals surface area contributed by atoms with Gasteiger partial charge < -0.3 is 38.6 Å². The molecule has 1 aliphatic rings. The molecule has 0 saturated carbocycles. The summed E-state index contributed by atoms with van der Waals surface area (Å²) in [6.07, 6.45) is -2.39. The van der Waals surface area contributed by atoms with Crippen LogP contribution in [0.25, 0.3) is 11.2 Å². The van der Waals surface area contributed by atoms with E-state index in [2.05, 4.69) is 25.9 Å². The van der Waals surface area contributed by atoms with Gasteiger partial charge in [0.2, 0.25) is 10.9 Å². The minimum Gasteiger partial charge on any atom is -0.479 e. The predicted octanol–water partition coefficient (Wildman–Crippen LogP) is 6.34. The van der Waals surface area contributed by atoms with Gasteiger partial charge in [-0.15, -0.1) is 17.8 Å². The number of imide groups is 1. The van der Waals surface area contributed by atoms with Gasteiger partial charge in [0.05, 0.1) is 29.1 Å². The van der Waals surface area contributed by atoms with Crippen molar-refractivity contribution in [2.45, 2.75) is 115 Å². The normalized spacial score (nSPS) is 20.1. The van der Waals surface area contributed by atoms with E-state index in [1.54, 1.807) is 62.3 Å². The van der Waals surface area contributed by atoms with Crippen molar-refractivity contribution in [3.63, 3.8) is 0 Å². The molecule has 1 saturated heterocycles. The molecule has 0 radical (unpaired) electrons. The van der Waals surface area contributed by atoms with Crippen LogP contribution in [0, 0.1) is 22.5 Å². The summed E-state index contributed by atoms with van der Waals surface area (Å²) < 4.78 is 35.6. The second kappa shape index (κ2) is 17.4. The number of anilines is 1. The van der Waals surface area contributed by atoms with Gasteiger partial charge in [0.1, 0.15) is 22.9 Å². The minimum absolute atomic E-state index is 0.0623. The van der Waals surface area contributed by atoms with Gasteiger partial charge in [-0.3, -0.25) is 14.7 Å². The summed E-state index contributed by atoms with van der Waals surface area (Å²) in [6.45, 7) is 13.3. The van der Waals surface area contributed by atoms with Gasteiger partial charge in [-0.2, -0.15) is 14.9 Å². The van der Waals surface area contributed by atoms with Crippen molar-refractivity contribution in [2.75, 3.05) is 11.5 Å². The number of halogens is 1. The largest absolute Gasteiger partial charge is 0.509 e. The molecule has 2 amide bonds. The molecule has 1 fully saturated rings.